The Morgan fingerprint density at radius 1 is 1.23 bits per heavy atom. The Bertz CT molecular complexity index is 410. The van der Waals surface area contributed by atoms with Gasteiger partial charge in [0.1, 0.15) is 5.75 Å². The molecule has 0 saturated heterocycles. The van der Waals surface area contributed by atoms with Crippen LogP contribution in [0.25, 0.3) is 0 Å². The maximum Gasteiger partial charge on any atom is 0.118 e. The minimum Gasteiger partial charge on any atom is -0.497 e. The second-order valence-electron chi connectivity index (χ2n) is 6.09. The van der Waals surface area contributed by atoms with E-state index in [1.54, 1.807) is 19.1 Å². The first-order chi connectivity index (χ1) is 10.5. The average Bonchev–Trinajstić information content (AvgIpc) is 2.51. The van der Waals surface area contributed by atoms with Gasteiger partial charge in [-0.05, 0) is 60.7 Å². The number of hydrogen-bond acceptors (Lipinski definition) is 5. The molecular weight excluding hydrogens is 312 g/mol. The highest BCUT2D eigenvalue weighted by Gasteiger charge is 2.21. The Labute approximate surface area is 144 Å². The summed E-state index contributed by atoms with van der Waals surface area (Å²) in [6.45, 7) is 10.2. The first kappa shape index (κ1) is 19.7. The van der Waals surface area contributed by atoms with Crippen LogP contribution in [0.5, 0.6) is 5.75 Å². The normalized spacial score (nSPS) is 11.9. The van der Waals surface area contributed by atoms with Gasteiger partial charge in [0.25, 0.3) is 0 Å². The highest BCUT2D eigenvalue weighted by Crippen LogP contribution is 2.30. The van der Waals surface area contributed by atoms with Crippen molar-refractivity contribution in [3.05, 3.63) is 24.3 Å². The van der Waals surface area contributed by atoms with Gasteiger partial charge in [-0.25, -0.2) is 4.31 Å². The molecule has 0 bridgehead atoms. The van der Waals surface area contributed by atoms with Gasteiger partial charge in [-0.1, -0.05) is 32.7 Å². The molecule has 0 unspecified atom stereocenters. The highest BCUT2D eigenvalue weighted by atomic mass is 32.2. The summed E-state index contributed by atoms with van der Waals surface area (Å²) in [5, 5.41) is 0. The van der Waals surface area contributed by atoms with E-state index < -0.39 is 0 Å². The lowest BCUT2D eigenvalue weighted by molar-refractivity contribution is 0.256. The molecular formula is C17H30N2OS2. The van der Waals surface area contributed by atoms with Gasteiger partial charge in [0.15, 0.2) is 0 Å². The maximum atomic E-state index is 5.21. The molecule has 1 N–H and O–H groups in total. The van der Waals surface area contributed by atoms with Gasteiger partial charge in [-0.15, -0.1) is 0 Å². The Morgan fingerprint density at radius 2 is 1.91 bits per heavy atom. The van der Waals surface area contributed by atoms with Crippen molar-refractivity contribution in [1.29, 1.82) is 0 Å². The van der Waals surface area contributed by atoms with Crippen LogP contribution in [-0.2, 0) is 0 Å². The van der Waals surface area contributed by atoms with E-state index in [9.17, 15) is 0 Å². The minimum atomic E-state index is 0.329. The van der Waals surface area contributed by atoms with Gasteiger partial charge >= 0.3 is 0 Å². The number of nitrogens with one attached hydrogen (secondary N) is 1. The van der Waals surface area contributed by atoms with Crippen molar-refractivity contribution in [1.82, 2.24) is 9.03 Å². The molecule has 1 aromatic rings. The predicted octanol–water partition coefficient (Wildman–Crippen LogP) is 4.70. The number of hydrogen-bond donors (Lipinski definition) is 1. The molecule has 0 radical (unpaired) electrons. The fraction of sp³-hybridized carbons (Fsp3) is 0.647. The highest BCUT2D eigenvalue weighted by molar-refractivity contribution is 7.97. The van der Waals surface area contributed by atoms with E-state index in [0.717, 1.165) is 25.4 Å². The minimum absolute atomic E-state index is 0.329. The van der Waals surface area contributed by atoms with Crippen LogP contribution in [0.4, 0.5) is 0 Å². The third-order valence-electron chi connectivity index (χ3n) is 3.53. The molecule has 126 valence electrons. The van der Waals surface area contributed by atoms with Crippen molar-refractivity contribution in [2.24, 2.45) is 5.41 Å². The van der Waals surface area contributed by atoms with Crippen molar-refractivity contribution in [2.45, 2.75) is 38.5 Å². The molecule has 0 aliphatic carbocycles. The zero-order chi connectivity index (χ0) is 16.4. The van der Waals surface area contributed by atoms with E-state index in [1.807, 2.05) is 24.1 Å². The molecule has 0 amide bonds. The van der Waals surface area contributed by atoms with E-state index in [0.29, 0.717) is 5.41 Å². The summed E-state index contributed by atoms with van der Waals surface area (Å²) in [6.07, 6.45) is 4.54. The molecule has 3 nitrogen and oxygen atoms in total. The number of nitrogens with zero attached hydrogens (tertiary/aromatic N) is 1. The molecule has 1 rings (SSSR count). The average molecular weight is 343 g/mol. The molecule has 0 atom stereocenters. The molecule has 0 aliphatic rings. The monoisotopic (exact) mass is 342 g/mol. The first-order valence-corrected chi connectivity index (χ1v) is 9.83. The molecule has 1 aromatic carbocycles. The molecule has 22 heavy (non-hydrogen) atoms. The molecule has 0 aromatic heterocycles. The van der Waals surface area contributed by atoms with Crippen LogP contribution in [0.15, 0.2) is 29.2 Å². The lowest BCUT2D eigenvalue weighted by Crippen LogP contribution is -2.30. The van der Waals surface area contributed by atoms with Crippen LogP contribution in [0, 0.1) is 5.41 Å². The smallest absolute Gasteiger partial charge is 0.118 e. The predicted molar refractivity (Wildman–Crippen MR) is 101 cm³/mol. The SMILES string of the molecule is CCN(CC(C)(C)CCCNSC)Sc1ccc(OC)cc1. The van der Waals surface area contributed by atoms with E-state index >= 15 is 0 Å². The van der Waals surface area contributed by atoms with Crippen LogP contribution < -0.4 is 9.46 Å². The molecule has 0 heterocycles. The van der Waals surface area contributed by atoms with E-state index in [2.05, 4.69) is 48.2 Å². The van der Waals surface area contributed by atoms with Crippen molar-refractivity contribution < 1.29 is 4.74 Å². The third-order valence-corrected chi connectivity index (χ3v) is 5.15. The summed E-state index contributed by atoms with van der Waals surface area (Å²) in [4.78, 5) is 1.27. The van der Waals surface area contributed by atoms with Crippen LogP contribution in [0.3, 0.4) is 0 Å². The van der Waals surface area contributed by atoms with Crippen molar-refractivity contribution >= 4 is 23.9 Å². The Kier molecular flexibility index (Phi) is 9.33. The molecule has 5 heteroatoms. The summed E-state index contributed by atoms with van der Waals surface area (Å²) in [6, 6.07) is 8.30. The van der Waals surface area contributed by atoms with Gasteiger partial charge < -0.3 is 4.74 Å². The molecule has 0 saturated carbocycles. The second kappa shape index (κ2) is 10.4. The Hall–Kier alpha value is -0.360. The van der Waals surface area contributed by atoms with E-state index in [1.165, 1.54) is 17.7 Å². The lowest BCUT2D eigenvalue weighted by Gasteiger charge is -2.31. The second-order valence-corrected chi connectivity index (χ2v) is 7.96. The van der Waals surface area contributed by atoms with Crippen molar-refractivity contribution in [2.75, 3.05) is 33.0 Å². The lowest BCUT2D eigenvalue weighted by atomic mass is 9.88. The number of benzene rings is 1. The standard InChI is InChI=1S/C17H30N2OS2/c1-6-19(14-17(2,3)12-7-13-18-21-5)22-16-10-8-15(20-4)9-11-16/h8-11,18H,6-7,12-14H2,1-5H3. The number of rotatable bonds is 11. The summed E-state index contributed by atoms with van der Waals surface area (Å²) < 4.78 is 11.0. The number of ether oxygens (including phenoxy) is 1. The van der Waals surface area contributed by atoms with Gasteiger partial charge in [0.05, 0.1) is 7.11 Å². The fourth-order valence-electron chi connectivity index (χ4n) is 2.29. The Balaban J connectivity index is 2.48. The Morgan fingerprint density at radius 3 is 2.45 bits per heavy atom. The summed E-state index contributed by atoms with van der Waals surface area (Å²) in [5.41, 5.74) is 0.329. The fourth-order valence-corrected chi connectivity index (χ4v) is 3.74. The van der Waals surface area contributed by atoms with Crippen molar-refractivity contribution in [3.63, 3.8) is 0 Å². The van der Waals surface area contributed by atoms with Gasteiger partial charge in [0.2, 0.25) is 0 Å². The summed E-state index contributed by atoms with van der Waals surface area (Å²) in [5.74, 6) is 0.911. The summed E-state index contributed by atoms with van der Waals surface area (Å²) >= 11 is 3.54. The summed E-state index contributed by atoms with van der Waals surface area (Å²) in [7, 11) is 1.70. The quantitative estimate of drug-likeness (QED) is 0.464. The molecule has 0 spiro atoms. The van der Waals surface area contributed by atoms with Crippen LogP contribution in [0.1, 0.15) is 33.6 Å². The van der Waals surface area contributed by atoms with Crippen molar-refractivity contribution in [3.8, 4) is 5.75 Å². The van der Waals surface area contributed by atoms with Gasteiger partial charge in [0, 0.05) is 24.5 Å². The zero-order valence-corrected chi connectivity index (χ0v) is 16.1. The third kappa shape index (κ3) is 7.77. The topological polar surface area (TPSA) is 24.5 Å². The molecule has 0 fully saturated rings. The zero-order valence-electron chi connectivity index (χ0n) is 14.5. The van der Waals surface area contributed by atoms with Crippen LogP contribution in [0.2, 0.25) is 0 Å². The van der Waals surface area contributed by atoms with Crippen LogP contribution >= 0.6 is 23.9 Å². The van der Waals surface area contributed by atoms with Crippen LogP contribution in [-0.4, -0.2) is 37.3 Å². The van der Waals surface area contributed by atoms with Gasteiger partial charge in [-0.3, -0.25) is 4.72 Å². The van der Waals surface area contributed by atoms with E-state index in [4.69, 9.17) is 4.74 Å². The van der Waals surface area contributed by atoms with Gasteiger partial charge in [-0.2, -0.15) is 0 Å². The molecule has 0 aliphatic heterocycles. The van der Waals surface area contributed by atoms with E-state index in [-0.39, 0.29) is 0 Å². The maximum absolute atomic E-state index is 5.21. The number of methoxy groups -OCH3 is 1. The largest absolute Gasteiger partial charge is 0.497 e. The first-order valence-electron chi connectivity index (χ1n) is 7.83.